The normalized spacial score (nSPS) is 13.5. The van der Waals surface area contributed by atoms with Gasteiger partial charge in [-0.15, -0.1) is 0 Å². The van der Waals surface area contributed by atoms with E-state index in [0.717, 1.165) is 23.5 Å². The number of ether oxygens (including phenoxy) is 2. The van der Waals surface area contributed by atoms with Crippen molar-refractivity contribution in [1.29, 1.82) is 0 Å². The van der Waals surface area contributed by atoms with Crippen LogP contribution in [-0.4, -0.2) is 12.1 Å². The predicted octanol–water partition coefficient (Wildman–Crippen LogP) is 3.77. The van der Waals surface area contributed by atoms with Crippen molar-refractivity contribution in [3.05, 3.63) is 60.2 Å². The molecule has 0 bridgehead atoms. The van der Waals surface area contributed by atoms with Gasteiger partial charge in [0.1, 0.15) is 23.7 Å². The second kappa shape index (κ2) is 7.14. The lowest BCUT2D eigenvalue weighted by Crippen LogP contribution is -2.39. The van der Waals surface area contributed by atoms with Crippen LogP contribution in [0.4, 0.5) is 0 Å². The van der Waals surface area contributed by atoms with Crippen LogP contribution in [0, 0.1) is 0 Å². The Balaban J connectivity index is 1.93. The van der Waals surface area contributed by atoms with Crippen LogP contribution in [0.1, 0.15) is 25.8 Å². The molecular weight excluding hydrogens is 262 g/mol. The third kappa shape index (κ3) is 4.50. The molecule has 0 aliphatic heterocycles. The monoisotopic (exact) mass is 285 g/mol. The molecule has 1 unspecified atom stereocenters. The Morgan fingerprint density at radius 2 is 1.57 bits per heavy atom. The Kier molecular flexibility index (Phi) is 5.23. The summed E-state index contributed by atoms with van der Waals surface area (Å²) in [6.45, 7) is 5.16. The van der Waals surface area contributed by atoms with Gasteiger partial charge in [-0.2, -0.15) is 0 Å². The minimum absolute atomic E-state index is 0.313. The molecule has 2 N–H and O–H groups in total. The molecule has 2 aromatic carbocycles. The van der Waals surface area contributed by atoms with Crippen LogP contribution in [0.5, 0.6) is 11.5 Å². The topological polar surface area (TPSA) is 44.5 Å². The highest BCUT2D eigenvalue weighted by molar-refractivity contribution is 5.32. The van der Waals surface area contributed by atoms with Crippen molar-refractivity contribution in [2.24, 2.45) is 5.73 Å². The molecule has 0 amide bonds. The van der Waals surface area contributed by atoms with Gasteiger partial charge in [0.05, 0.1) is 0 Å². The third-order valence-corrected chi connectivity index (χ3v) is 3.62. The van der Waals surface area contributed by atoms with E-state index in [1.165, 1.54) is 0 Å². The molecule has 2 rings (SSSR count). The van der Waals surface area contributed by atoms with Crippen molar-refractivity contribution >= 4 is 0 Å². The molecule has 0 saturated carbocycles. The molecule has 0 aromatic heterocycles. The molecule has 21 heavy (non-hydrogen) atoms. The Labute approximate surface area is 126 Å². The first-order chi connectivity index (χ1) is 10.1. The summed E-state index contributed by atoms with van der Waals surface area (Å²) in [5, 5.41) is 0. The summed E-state index contributed by atoms with van der Waals surface area (Å²) in [5.74, 6) is 1.65. The second-order valence-corrected chi connectivity index (χ2v) is 5.36. The van der Waals surface area contributed by atoms with E-state index in [9.17, 15) is 0 Å². The zero-order valence-corrected chi connectivity index (χ0v) is 12.7. The maximum absolute atomic E-state index is 5.94. The van der Waals surface area contributed by atoms with E-state index in [1.54, 1.807) is 0 Å². The average Bonchev–Trinajstić information content (AvgIpc) is 2.55. The van der Waals surface area contributed by atoms with Crippen LogP contribution >= 0.6 is 0 Å². The van der Waals surface area contributed by atoms with E-state index < -0.39 is 0 Å². The first kappa shape index (κ1) is 15.4. The zero-order valence-electron chi connectivity index (χ0n) is 12.7. The van der Waals surface area contributed by atoms with Gasteiger partial charge >= 0.3 is 0 Å². The summed E-state index contributed by atoms with van der Waals surface area (Å²) in [6.07, 6.45) is 0.871. The molecule has 3 nitrogen and oxygen atoms in total. The lowest BCUT2D eigenvalue weighted by Gasteiger charge is -2.28. The van der Waals surface area contributed by atoms with E-state index in [4.69, 9.17) is 15.2 Å². The van der Waals surface area contributed by atoms with Crippen molar-refractivity contribution in [2.75, 3.05) is 6.54 Å². The van der Waals surface area contributed by atoms with Crippen LogP contribution in [0.25, 0.3) is 0 Å². The molecule has 112 valence electrons. The van der Waals surface area contributed by atoms with Gasteiger partial charge in [-0.05, 0) is 43.2 Å². The van der Waals surface area contributed by atoms with Crippen molar-refractivity contribution in [2.45, 2.75) is 32.5 Å². The smallest absolute Gasteiger partial charge is 0.120 e. The highest BCUT2D eigenvalue weighted by atomic mass is 16.5. The van der Waals surface area contributed by atoms with Gasteiger partial charge in [-0.3, -0.25) is 0 Å². The molecule has 0 spiro atoms. The van der Waals surface area contributed by atoms with E-state index >= 15 is 0 Å². The summed E-state index contributed by atoms with van der Waals surface area (Å²) >= 11 is 0. The van der Waals surface area contributed by atoms with Crippen LogP contribution in [-0.2, 0) is 6.61 Å². The first-order valence-electron chi connectivity index (χ1n) is 7.31. The molecule has 2 aromatic rings. The Hall–Kier alpha value is -2.00. The highest BCUT2D eigenvalue weighted by Gasteiger charge is 2.21. The van der Waals surface area contributed by atoms with Crippen LogP contribution in [0.3, 0.4) is 0 Å². The summed E-state index contributed by atoms with van der Waals surface area (Å²) in [4.78, 5) is 0. The van der Waals surface area contributed by atoms with Crippen molar-refractivity contribution < 1.29 is 9.47 Å². The first-order valence-corrected chi connectivity index (χ1v) is 7.31. The number of benzene rings is 2. The van der Waals surface area contributed by atoms with Crippen molar-refractivity contribution in [3.8, 4) is 11.5 Å². The quantitative estimate of drug-likeness (QED) is 0.842. The van der Waals surface area contributed by atoms with Gasteiger partial charge < -0.3 is 15.2 Å². The number of hydrogen-bond acceptors (Lipinski definition) is 3. The van der Waals surface area contributed by atoms with Crippen molar-refractivity contribution in [3.63, 3.8) is 0 Å². The van der Waals surface area contributed by atoms with Gasteiger partial charge in [-0.1, -0.05) is 37.3 Å². The van der Waals surface area contributed by atoms with Crippen LogP contribution < -0.4 is 15.2 Å². The molecular formula is C18H23NO2. The molecule has 0 aliphatic carbocycles. The predicted molar refractivity (Wildman–Crippen MR) is 85.6 cm³/mol. The largest absolute Gasteiger partial charge is 0.489 e. The van der Waals surface area contributed by atoms with E-state index in [2.05, 4.69) is 6.92 Å². The fourth-order valence-corrected chi connectivity index (χ4v) is 1.89. The number of hydrogen-bond donors (Lipinski definition) is 1. The zero-order chi connectivity index (χ0) is 15.1. The summed E-state index contributed by atoms with van der Waals surface area (Å²) in [5.41, 5.74) is 6.60. The Bertz CT molecular complexity index is 533. The average molecular weight is 285 g/mol. The van der Waals surface area contributed by atoms with Gasteiger partial charge in [0.15, 0.2) is 0 Å². The number of nitrogens with two attached hydrogens (primary N) is 1. The van der Waals surface area contributed by atoms with Gasteiger partial charge in [-0.25, -0.2) is 0 Å². The summed E-state index contributed by atoms with van der Waals surface area (Å²) in [7, 11) is 0. The molecule has 0 heterocycles. The summed E-state index contributed by atoms with van der Waals surface area (Å²) < 4.78 is 11.7. The van der Waals surface area contributed by atoms with Crippen molar-refractivity contribution in [1.82, 2.24) is 0 Å². The lowest BCUT2D eigenvalue weighted by molar-refractivity contribution is 0.0934. The SMILES string of the molecule is CCC(C)(CN)Oc1ccc(OCc2ccccc2)cc1. The third-order valence-electron chi connectivity index (χ3n) is 3.62. The molecule has 0 saturated heterocycles. The molecule has 0 fully saturated rings. The standard InChI is InChI=1S/C18H23NO2/c1-3-18(2,14-19)21-17-11-9-16(10-12-17)20-13-15-7-5-4-6-8-15/h4-12H,3,13-14,19H2,1-2H3. The van der Waals surface area contributed by atoms with E-state index in [0.29, 0.717) is 13.2 Å². The van der Waals surface area contributed by atoms with Crippen LogP contribution in [0.15, 0.2) is 54.6 Å². The maximum Gasteiger partial charge on any atom is 0.120 e. The van der Waals surface area contributed by atoms with Gasteiger partial charge in [0.25, 0.3) is 0 Å². The number of rotatable bonds is 7. The second-order valence-electron chi connectivity index (χ2n) is 5.36. The fourth-order valence-electron chi connectivity index (χ4n) is 1.89. The maximum atomic E-state index is 5.94. The minimum atomic E-state index is -0.313. The van der Waals surface area contributed by atoms with E-state index in [-0.39, 0.29) is 5.60 Å². The highest BCUT2D eigenvalue weighted by Crippen LogP contribution is 2.23. The Morgan fingerprint density at radius 1 is 0.952 bits per heavy atom. The fraction of sp³-hybridized carbons (Fsp3) is 0.333. The molecule has 3 heteroatoms. The van der Waals surface area contributed by atoms with Gasteiger partial charge in [0, 0.05) is 6.54 Å². The summed E-state index contributed by atoms with van der Waals surface area (Å²) in [6, 6.07) is 17.8. The molecule has 0 radical (unpaired) electrons. The van der Waals surface area contributed by atoms with E-state index in [1.807, 2.05) is 61.5 Å². The minimum Gasteiger partial charge on any atom is -0.489 e. The molecule has 0 aliphatic rings. The van der Waals surface area contributed by atoms with Gasteiger partial charge in [0.2, 0.25) is 0 Å². The molecule has 1 atom stereocenters. The Morgan fingerprint density at radius 3 is 2.14 bits per heavy atom. The lowest BCUT2D eigenvalue weighted by atomic mass is 10.0. The van der Waals surface area contributed by atoms with Crippen LogP contribution in [0.2, 0.25) is 0 Å².